The minimum Gasteiger partial charge on any atom is -0.393 e. The molecule has 0 heterocycles. The Morgan fingerprint density at radius 3 is 2.72 bits per heavy atom. The number of aliphatic hydroxyl groups excluding tert-OH is 1. The molecule has 2 N–H and O–H groups in total. The first-order chi connectivity index (χ1) is 8.36. The lowest BCUT2D eigenvalue weighted by Gasteiger charge is -2.10. The van der Waals surface area contributed by atoms with Crippen LogP contribution in [-0.2, 0) is 10.0 Å². The van der Waals surface area contributed by atoms with Crippen molar-refractivity contribution in [3.05, 3.63) is 27.7 Å². The molecule has 0 aliphatic heterocycles. The van der Waals surface area contributed by atoms with Crippen LogP contribution >= 0.6 is 27.5 Å². The van der Waals surface area contributed by atoms with E-state index in [9.17, 15) is 13.5 Å². The summed E-state index contributed by atoms with van der Waals surface area (Å²) >= 11 is 8.98. The minimum absolute atomic E-state index is 0.143. The third-order valence-electron chi connectivity index (χ3n) is 2.44. The van der Waals surface area contributed by atoms with E-state index in [1.165, 1.54) is 18.2 Å². The molecule has 18 heavy (non-hydrogen) atoms. The van der Waals surface area contributed by atoms with Crippen LogP contribution in [0.1, 0.15) is 19.8 Å². The van der Waals surface area contributed by atoms with Crippen LogP contribution in [0.5, 0.6) is 0 Å². The van der Waals surface area contributed by atoms with Gasteiger partial charge in [0.2, 0.25) is 10.0 Å². The molecule has 0 spiro atoms. The van der Waals surface area contributed by atoms with Crippen molar-refractivity contribution in [2.45, 2.75) is 30.8 Å². The Bertz CT molecular complexity index is 507. The zero-order valence-electron chi connectivity index (χ0n) is 9.86. The maximum atomic E-state index is 11.9. The van der Waals surface area contributed by atoms with Crippen molar-refractivity contribution >= 4 is 37.6 Å². The predicted molar refractivity (Wildman–Crippen MR) is 75.3 cm³/mol. The first-order valence-electron chi connectivity index (χ1n) is 5.49. The fourth-order valence-electron chi connectivity index (χ4n) is 1.29. The number of nitrogens with one attached hydrogen (secondary N) is 1. The van der Waals surface area contributed by atoms with E-state index >= 15 is 0 Å². The lowest BCUT2D eigenvalue weighted by Crippen LogP contribution is -2.27. The Labute approximate surface area is 121 Å². The van der Waals surface area contributed by atoms with Gasteiger partial charge in [0, 0.05) is 11.0 Å². The van der Waals surface area contributed by atoms with Crippen LogP contribution in [0.2, 0.25) is 5.02 Å². The summed E-state index contributed by atoms with van der Waals surface area (Å²) < 4.78 is 26.8. The number of hydrogen-bond donors (Lipinski definition) is 2. The fraction of sp³-hybridized carbons (Fsp3) is 0.455. The normalized spacial score (nSPS) is 13.6. The molecule has 1 aromatic carbocycles. The van der Waals surface area contributed by atoms with Crippen LogP contribution in [0.15, 0.2) is 27.6 Å². The second-order valence-corrected chi connectivity index (χ2v) is 6.85. The summed E-state index contributed by atoms with van der Waals surface area (Å²) in [5.41, 5.74) is 0. The summed E-state index contributed by atoms with van der Waals surface area (Å²) in [5, 5.41) is 9.80. The van der Waals surface area contributed by atoms with Gasteiger partial charge in [0.1, 0.15) is 0 Å². The molecule has 1 atom stereocenters. The van der Waals surface area contributed by atoms with Crippen LogP contribution < -0.4 is 4.72 Å². The first-order valence-corrected chi connectivity index (χ1v) is 8.15. The van der Waals surface area contributed by atoms with Crippen molar-refractivity contribution in [3.63, 3.8) is 0 Å². The molecule has 0 amide bonds. The molecular formula is C11H15BrClNO3S. The van der Waals surface area contributed by atoms with Gasteiger partial charge in [-0.3, -0.25) is 0 Å². The van der Waals surface area contributed by atoms with Crippen molar-refractivity contribution in [2.24, 2.45) is 0 Å². The molecule has 0 saturated carbocycles. The second-order valence-electron chi connectivity index (χ2n) is 3.82. The molecule has 0 fully saturated rings. The molecule has 1 aromatic rings. The first kappa shape index (κ1) is 15.9. The van der Waals surface area contributed by atoms with E-state index < -0.39 is 16.1 Å². The highest BCUT2D eigenvalue weighted by Gasteiger charge is 2.15. The lowest BCUT2D eigenvalue weighted by molar-refractivity contribution is 0.162. The van der Waals surface area contributed by atoms with E-state index in [4.69, 9.17) is 11.6 Å². The molecule has 1 rings (SSSR count). The molecule has 0 radical (unpaired) electrons. The minimum atomic E-state index is -3.55. The number of benzene rings is 1. The number of aliphatic hydroxyl groups is 1. The second kappa shape index (κ2) is 6.86. The topological polar surface area (TPSA) is 66.4 Å². The van der Waals surface area contributed by atoms with Crippen LogP contribution in [0.25, 0.3) is 0 Å². The van der Waals surface area contributed by atoms with Gasteiger partial charge in [-0.15, -0.1) is 0 Å². The van der Waals surface area contributed by atoms with Crippen LogP contribution in [0.3, 0.4) is 0 Å². The number of hydrogen-bond acceptors (Lipinski definition) is 3. The molecule has 7 heteroatoms. The monoisotopic (exact) mass is 355 g/mol. The Morgan fingerprint density at radius 1 is 1.50 bits per heavy atom. The summed E-state index contributed by atoms with van der Waals surface area (Å²) in [6.45, 7) is 2.05. The number of sulfonamides is 1. The van der Waals surface area contributed by atoms with Crippen LogP contribution in [0, 0.1) is 0 Å². The van der Waals surface area contributed by atoms with Crippen molar-refractivity contribution in [1.29, 1.82) is 0 Å². The van der Waals surface area contributed by atoms with Gasteiger partial charge in [-0.05, 0) is 47.0 Å². The van der Waals surface area contributed by atoms with Crippen LogP contribution in [-0.4, -0.2) is 26.2 Å². The summed E-state index contributed by atoms with van der Waals surface area (Å²) in [4.78, 5) is 0.143. The highest BCUT2D eigenvalue weighted by Crippen LogP contribution is 2.25. The van der Waals surface area contributed by atoms with Gasteiger partial charge in [-0.25, -0.2) is 13.1 Å². The molecule has 4 nitrogen and oxygen atoms in total. The standard InChI is InChI=1S/C11H15BrClNO3S/c1-2-8(15)5-6-14-18(16,17)9-3-4-11(13)10(12)7-9/h3-4,7-8,14-15H,2,5-6H2,1H3. The molecule has 102 valence electrons. The van der Waals surface area contributed by atoms with Gasteiger partial charge >= 0.3 is 0 Å². The lowest BCUT2D eigenvalue weighted by atomic mass is 10.2. The SMILES string of the molecule is CCC(O)CCNS(=O)(=O)c1ccc(Cl)c(Br)c1. The van der Waals surface area contributed by atoms with Gasteiger partial charge in [-0.1, -0.05) is 18.5 Å². The van der Waals surface area contributed by atoms with E-state index in [2.05, 4.69) is 20.7 Å². The zero-order chi connectivity index (χ0) is 13.8. The van der Waals surface area contributed by atoms with Gasteiger partial charge in [0.05, 0.1) is 16.0 Å². The summed E-state index contributed by atoms with van der Waals surface area (Å²) in [6, 6.07) is 4.40. The van der Waals surface area contributed by atoms with Gasteiger partial charge in [0.15, 0.2) is 0 Å². The Hall–Kier alpha value is -0.140. The smallest absolute Gasteiger partial charge is 0.240 e. The van der Waals surface area contributed by atoms with E-state index in [1.807, 2.05) is 6.92 Å². The maximum absolute atomic E-state index is 11.9. The molecule has 0 saturated heterocycles. The predicted octanol–water partition coefficient (Wildman–Crippen LogP) is 2.54. The van der Waals surface area contributed by atoms with E-state index in [-0.39, 0.29) is 11.4 Å². The van der Waals surface area contributed by atoms with Crippen molar-refractivity contribution < 1.29 is 13.5 Å². The largest absolute Gasteiger partial charge is 0.393 e. The van der Waals surface area contributed by atoms with E-state index in [0.29, 0.717) is 22.3 Å². The summed E-state index contributed by atoms with van der Waals surface area (Å²) in [5.74, 6) is 0. The third-order valence-corrected chi connectivity index (χ3v) is 5.11. The average molecular weight is 357 g/mol. The Kier molecular flexibility index (Phi) is 6.07. The fourth-order valence-corrected chi connectivity index (χ4v) is 3.01. The van der Waals surface area contributed by atoms with Crippen LogP contribution in [0.4, 0.5) is 0 Å². The number of rotatable bonds is 6. The summed E-state index contributed by atoms with van der Waals surface area (Å²) in [7, 11) is -3.55. The Balaban J connectivity index is 2.71. The molecule has 1 unspecified atom stereocenters. The van der Waals surface area contributed by atoms with Crippen molar-refractivity contribution in [3.8, 4) is 0 Å². The third kappa shape index (κ3) is 4.51. The molecular weight excluding hydrogens is 342 g/mol. The van der Waals surface area contributed by atoms with Gasteiger partial charge < -0.3 is 5.11 Å². The van der Waals surface area contributed by atoms with Gasteiger partial charge in [-0.2, -0.15) is 0 Å². The number of halogens is 2. The molecule has 0 aromatic heterocycles. The zero-order valence-corrected chi connectivity index (χ0v) is 13.0. The average Bonchev–Trinajstić information content (AvgIpc) is 2.32. The van der Waals surface area contributed by atoms with E-state index in [0.717, 1.165) is 0 Å². The summed E-state index contributed by atoms with van der Waals surface area (Å²) in [6.07, 6.45) is 0.517. The quantitative estimate of drug-likeness (QED) is 0.823. The highest BCUT2D eigenvalue weighted by atomic mass is 79.9. The maximum Gasteiger partial charge on any atom is 0.240 e. The highest BCUT2D eigenvalue weighted by molar-refractivity contribution is 9.10. The molecule has 0 aliphatic carbocycles. The molecule has 0 aliphatic rings. The van der Waals surface area contributed by atoms with Crippen molar-refractivity contribution in [1.82, 2.24) is 4.72 Å². The molecule has 0 bridgehead atoms. The van der Waals surface area contributed by atoms with E-state index in [1.54, 1.807) is 0 Å². The Morgan fingerprint density at radius 2 is 2.17 bits per heavy atom. The van der Waals surface area contributed by atoms with Crippen molar-refractivity contribution in [2.75, 3.05) is 6.54 Å². The van der Waals surface area contributed by atoms with Gasteiger partial charge in [0.25, 0.3) is 0 Å².